The predicted molar refractivity (Wildman–Crippen MR) is 73.2 cm³/mol. The van der Waals surface area contributed by atoms with E-state index in [0.29, 0.717) is 23.8 Å². The maximum atomic E-state index is 9.31. The fourth-order valence-corrected chi connectivity index (χ4v) is 2.20. The Labute approximate surface area is 105 Å². The summed E-state index contributed by atoms with van der Waals surface area (Å²) in [6.07, 6.45) is 2.21. The Bertz CT molecular complexity index is 318. The van der Waals surface area contributed by atoms with Crippen molar-refractivity contribution in [3.63, 3.8) is 0 Å². The Hall–Kier alpha value is -1.02. The summed E-state index contributed by atoms with van der Waals surface area (Å²) in [5, 5.41) is 13.0. The van der Waals surface area contributed by atoms with Gasteiger partial charge in [0.05, 0.1) is 0 Å². The van der Waals surface area contributed by atoms with Crippen molar-refractivity contribution in [1.29, 1.82) is 0 Å². The summed E-state index contributed by atoms with van der Waals surface area (Å²) in [5.74, 6) is 0.977. The molecule has 0 heterocycles. The van der Waals surface area contributed by atoms with Crippen LogP contribution in [0.5, 0.6) is 5.75 Å². The summed E-state index contributed by atoms with van der Waals surface area (Å²) in [6.45, 7) is 8.92. The molecular formula is C15H25NO. The normalized spacial score (nSPS) is 14.9. The molecule has 0 aliphatic carbocycles. The molecular weight excluding hydrogens is 210 g/mol. The fourth-order valence-electron chi connectivity index (χ4n) is 2.20. The Morgan fingerprint density at radius 2 is 1.65 bits per heavy atom. The molecule has 0 saturated heterocycles. The number of phenols is 1. The van der Waals surface area contributed by atoms with Crippen molar-refractivity contribution in [2.75, 3.05) is 0 Å². The monoisotopic (exact) mass is 235 g/mol. The summed E-state index contributed by atoms with van der Waals surface area (Å²) < 4.78 is 0. The third-order valence-electron chi connectivity index (χ3n) is 3.36. The van der Waals surface area contributed by atoms with Crippen LogP contribution >= 0.6 is 0 Å². The summed E-state index contributed by atoms with van der Waals surface area (Å²) in [5.41, 5.74) is 1.25. The van der Waals surface area contributed by atoms with Gasteiger partial charge in [-0.25, -0.2) is 0 Å². The van der Waals surface area contributed by atoms with Crippen LogP contribution in [0.25, 0.3) is 0 Å². The van der Waals surface area contributed by atoms with E-state index in [1.54, 1.807) is 12.1 Å². The van der Waals surface area contributed by atoms with Gasteiger partial charge in [-0.2, -0.15) is 0 Å². The van der Waals surface area contributed by atoms with Crippen LogP contribution in [-0.4, -0.2) is 11.1 Å². The molecule has 2 atom stereocenters. The molecule has 0 aromatic heterocycles. The zero-order valence-corrected chi connectivity index (χ0v) is 11.4. The lowest BCUT2D eigenvalue weighted by molar-refractivity contribution is 0.340. The van der Waals surface area contributed by atoms with Crippen LogP contribution in [0.4, 0.5) is 0 Å². The van der Waals surface area contributed by atoms with Crippen molar-refractivity contribution in [3.8, 4) is 5.75 Å². The molecule has 2 heteroatoms. The SMILES string of the molecule is CCC(NC(CC)C(C)C)c1ccc(O)cc1. The second-order valence-electron chi connectivity index (χ2n) is 4.98. The highest BCUT2D eigenvalue weighted by Gasteiger charge is 2.16. The molecule has 0 radical (unpaired) electrons. The second-order valence-corrected chi connectivity index (χ2v) is 4.98. The van der Waals surface area contributed by atoms with Gasteiger partial charge in [0.25, 0.3) is 0 Å². The van der Waals surface area contributed by atoms with Gasteiger partial charge in [0.1, 0.15) is 5.75 Å². The lowest BCUT2D eigenvalue weighted by Gasteiger charge is -2.27. The van der Waals surface area contributed by atoms with E-state index in [2.05, 4.69) is 33.0 Å². The van der Waals surface area contributed by atoms with Crippen molar-refractivity contribution in [3.05, 3.63) is 29.8 Å². The molecule has 2 nitrogen and oxygen atoms in total. The van der Waals surface area contributed by atoms with Crippen LogP contribution in [0.3, 0.4) is 0 Å². The van der Waals surface area contributed by atoms with E-state index in [9.17, 15) is 5.11 Å². The minimum absolute atomic E-state index is 0.333. The quantitative estimate of drug-likeness (QED) is 0.784. The van der Waals surface area contributed by atoms with Crippen molar-refractivity contribution in [2.45, 2.75) is 52.6 Å². The molecule has 0 aliphatic rings. The van der Waals surface area contributed by atoms with Crippen molar-refractivity contribution >= 4 is 0 Å². The third kappa shape index (κ3) is 4.04. The van der Waals surface area contributed by atoms with Crippen LogP contribution in [0.1, 0.15) is 52.1 Å². The summed E-state index contributed by atoms with van der Waals surface area (Å²) in [6, 6.07) is 8.45. The maximum absolute atomic E-state index is 9.31. The fraction of sp³-hybridized carbons (Fsp3) is 0.600. The van der Waals surface area contributed by atoms with Gasteiger partial charge in [0, 0.05) is 12.1 Å². The minimum Gasteiger partial charge on any atom is -0.508 e. The van der Waals surface area contributed by atoms with Crippen molar-refractivity contribution < 1.29 is 5.11 Å². The smallest absolute Gasteiger partial charge is 0.115 e. The van der Waals surface area contributed by atoms with Crippen LogP contribution in [-0.2, 0) is 0 Å². The average Bonchev–Trinajstić information content (AvgIpc) is 2.32. The molecule has 0 saturated carbocycles. The first-order valence-electron chi connectivity index (χ1n) is 6.63. The number of benzene rings is 1. The number of phenolic OH excluding ortho intramolecular Hbond substituents is 1. The third-order valence-corrected chi connectivity index (χ3v) is 3.36. The molecule has 96 valence electrons. The molecule has 0 spiro atoms. The highest BCUT2D eigenvalue weighted by molar-refractivity contribution is 5.28. The van der Waals surface area contributed by atoms with Gasteiger partial charge in [-0.1, -0.05) is 39.8 Å². The maximum Gasteiger partial charge on any atom is 0.115 e. The summed E-state index contributed by atoms with van der Waals surface area (Å²) in [7, 11) is 0. The largest absolute Gasteiger partial charge is 0.508 e. The van der Waals surface area contributed by atoms with E-state index >= 15 is 0 Å². The first-order chi connectivity index (χ1) is 8.08. The van der Waals surface area contributed by atoms with Gasteiger partial charge >= 0.3 is 0 Å². The molecule has 1 aromatic carbocycles. The van der Waals surface area contributed by atoms with E-state index in [1.807, 2.05) is 12.1 Å². The molecule has 2 unspecified atom stereocenters. The molecule has 1 rings (SSSR count). The highest BCUT2D eigenvalue weighted by atomic mass is 16.3. The zero-order chi connectivity index (χ0) is 12.8. The van der Waals surface area contributed by atoms with E-state index in [4.69, 9.17) is 0 Å². The molecule has 17 heavy (non-hydrogen) atoms. The molecule has 0 aliphatic heterocycles. The standard InChI is InChI=1S/C15H25NO/c1-5-14(11(3)4)16-15(6-2)12-7-9-13(17)10-8-12/h7-11,14-17H,5-6H2,1-4H3. The zero-order valence-electron chi connectivity index (χ0n) is 11.4. The average molecular weight is 235 g/mol. The van der Waals surface area contributed by atoms with E-state index < -0.39 is 0 Å². The van der Waals surface area contributed by atoms with Gasteiger partial charge in [-0.15, -0.1) is 0 Å². The van der Waals surface area contributed by atoms with Gasteiger partial charge in [0.2, 0.25) is 0 Å². The Morgan fingerprint density at radius 3 is 2.06 bits per heavy atom. The predicted octanol–water partition coefficient (Wildman–Crippen LogP) is 3.87. The van der Waals surface area contributed by atoms with E-state index in [0.717, 1.165) is 12.8 Å². The minimum atomic E-state index is 0.333. The van der Waals surface area contributed by atoms with Crippen LogP contribution in [0, 0.1) is 5.92 Å². The lowest BCUT2D eigenvalue weighted by Crippen LogP contribution is -2.36. The van der Waals surface area contributed by atoms with Gasteiger partial charge in [-0.3, -0.25) is 0 Å². The Morgan fingerprint density at radius 1 is 1.06 bits per heavy atom. The first kappa shape index (κ1) is 14.0. The topological polar surface area (TPSA) is 32.3 Å². The Balaban J connectivity index is 2.74. The van der Waals surface area contributed by atoms with Crippen LogP contribution in [0.15, 0.2) is 24.3 Å². The van der Waals surface area contributed by atoms with Crippen molar-refractivity contribution in [1.82, 2.24) is 5.32 Å². The van der Waals surface area contributed by atoms with Gasteiger partial charge in [0.15, 0.2) is 0 Å². The van der Waals surface area contributed by atoms with Crippen molar-refractivity contribution in [2.24, 2.45) is 5.92 Å². The highest BCUT2D eigenvalue weighted by Crippen LogP contribution is 2.21. The van der Waals surface area contributed by atoms with Gasteiger partial charge < -0.3 is 10.4 Å². The number of rotatable bonds is 6. The van der Waals surface area contributed by atoms with E-state index in [1.165, 1.54) is 5.56 Å². The molecule has 0 amide bonds. The second kappa shape index (κ2) is 6.65. The van der Waals surface area contributed by atoms with Gasteiger partial charge in [-0.05, 0) is 36.5 Å². The summed E-state index contributed by atoms with van der Waals surface area (Å²) >= 11 is 0. The number of hydrogen-bond donors (Lipinski definition) is 2. The lowest BCUT2D eigenvalue weighted by atomic mass is 9.97. The number of aromatic hydroxyl groups is 1. The van der Waals surface area contributed by atoms with E-state index in [-0.39, 0.29) is 0 Å². The molecule has 0 bridgehead atoms. The molecule has 1 aromatic rings. The van der Waals surface area contributed by atoms with Crippen LogP contribution < -0.4 is 5.32 Å². The van der Waals surface area contributed by atoms with Crippen LogP contribution in [0.2, 0.25) is 0 Å². The number of hydrogen-bond acceptors (Lipinski definition) is 2. The summed E-state index contributed by atoms with van der Waals surface area (Å²) in [4.78, 5) is 0. The molecule has 2 N–H and O–H groups in total. The first-order valence-corrected chi connectivity index (χ1v) is 6.63. The molecule has 0 fully saturated rings. The number of nitrogens with one attached hydrogen (secondary N) is 1. The Kier molecular flexibility index (Phi) is 5.49.